The van der Waals surface area contributed by atoms with Crippen LogP contribution in [-0.2, 0) is 114 Å². The minimum absolute atomic E-state index is 0.0263. The highest BCUT2D eigenvalue weighted by Crippen LogP contribution is 2.40. The Morgan fingerprint density at radius 3 is 1.16 bits per heavy atom. The number of unbranched alkanes of at least 4 members (excludes halogenated alkanes) is 7. The third-order valence-electron chi connectivity index (χ3n) is 21.9. The Bertz CT molecular complexity index is 2740. The maximum absolute atomic E-state index is 13.6. The number of carboxylic acids is 1. The van der Waals surface area contributed by atoms with Gasteiger partial charge in [-0.1, -0.05) is 61.3 Å². The van der Waals surface area contributed by atoms with Crippen LogP contribution in [0, 0.1) is 47.3 Å². The molecule has 0 radical (unpaired) electrons. The molecule has 3 aliphatic rings. The van der Waals surface area contributed by atoms with Gasteiger partial charge in [-0.15, -0.1) is 0 Å². The summed E-state index contributed by atoms with van der Waals surface area (Å²) in [6, 6.07) is -0.835. The fourth-order valence-electron chi connectivity index (χ4n) is 14.2. The van der Waals surface area contributed by atoms with Crippen LogP contribution in [0.25, 0.3) is 0 Å². The molecule has 30 nitrogen and oxygen atoms in total. The van der Waals surface area contributed by atoms with Crippen LogP contribution in [0.2, 0.25) is 0 Å². The van der Waals surface area contributed by atoms with Gasteiger partial charge in [-0.3, -0.25) is 62.3 Å². The van der Waals surface area contributed by atoms with E-state index in [4.69, 9.17) is 52.1 Å². The number of hydrogen-bond donors (Lipinski definition) is 6. The molecule has 5 amide bonds. The molecule has 6 N–H and O–H groups in total. The van der Waals surface area contributed by atoms with E-state index in [0.717, 1.165) is 19.3 Å². The number of ketones is 4. The number of rotatable bonds is 62. The molecular weight excluding hydrogens is 1450 g/mol. The van der Waals surface area contributed by atoms with E-state index in [1.165, 1.54) is 34.6 Å². The standard InChI is InChI=1S/C82H139N5O25/c1-54-55(2)66(48-108-63(10)90)47-71(56(54)3)105-41-22-19-31-67(93)27-15-13-17-29-69(95)36-44-102-51-82(87-76(99)34-25-35-77(100)101,52-103-45-37-70(96)30-18-14-16-28-68(94)32-20-23-42-106-80-78(85-61(8)88)59(6)57(4)72(111-80)49-109-64(11)91)53-104-46-38-75(98)84-40-26-39-83-74(97)33-21-24-43-107-81-79(86-62(9)89)60(7)58(5)73(112-81)50-110-65(12)92/h54-60,66,71-73,78-81H,13-53H2,1-12H3,(H,83,97)(H,84,98)(H,85,88)(H,86,89)(H,87,99)(H,100,101)/t54-,55+,56?,57+,58+,59-,60-,66?,71+,72?,73?,78?,79?,80+,81+,82?/m0/s1. The van der Waals surface area contributed by atoms with Gasteiger partial charge < -0.3 is 83.8 Å². The first-order valence-electron chi connectivity index (χ1n) is 41.3. The van der Waals surface area contributed by atoms with Gasteiger partial charge in [-0.25, -0.2) is 0 Å². The molecule has 30 heteroatoms. The van der Waals surface area contributed by atoms with Crippen molar-refractivity contribution in [3.63, 3.8) is 0 Å². The summed E-state index contributed by atoms with van der Waals surface area (Å²) >= 11 is 0. The number of ether oxygens (including phenoxy) is 11. The smallest absolute Gasteiger partial charge is 0.303 e. The first kappa shape index (κ1) is 99.8. The zero-order valence-corrected chi connectivity index (χ0v) is 69.4. The summed E-state index contributed by atoms with van der Waals surface area (Å²) in [6.07, 6.45) is 8.32. The third kappa shape index (κ3) is 42.8. The lowest BCUT2D eigenvalue weighted by Gasteiger charge is -2.44. The van der Waals surface area contributed by atoms with Crippen LogP contribution in [-0.4, -0.2) is 223 Å². The zero-order chi connectivity index (χ0) is 83.0. The predicted molar refractivity (Wildman–Crippen MR) is 413 cm³/mol. The molecule has 1 saturated carbocycles. The molecule has 16 atom stereocenters. The van der Waals surface area contributed by atoms with Crippen LogP contribution in [0.1, 0.15) is 256 Å². The van der Waals surface area contributed by atoms with Crippen LogP contribution in [0.15, 0.2) is 0 Å². The number of aliphatic carboxylic acids is 1. The van der Waals surface area contributed by atoms with E-state index in [0.29, 0.717) is 140 Å². The van der Waals surface area contributed by atoms with E-state index in [9.17, 15) is 67.4 Å². The molecule has 0 spiro atoms. The average molecular weight is 1600 g/mol. The van der Waals surface area contributed by atoms with Gasteiger partial charge in [-0.2, -0.15) is 0 Å². The molecular formula is C82H139N5O25. The number of carbonyl (C=O) groups excluding carboxylic acids is 12. The van der Waals surface area contributed by atoms with E-state index in [-0.39, 0.29) is 212 Å². The molecule has 3 rings (SSSR count). The molecule has 0 aromatic carbocycles. The topological polar surface area (TPSA) is 404 Å². The Labute approximate surface area is 664 Å². The van der Waals surface area contributed by atoms with Crippen LogP contribution in [0.5, 0.6) is 0 Å². The highest BCUT2D eigenvalue weighted by molar-refractivity contribution is 5.81. The Balaban J connectivity index is 1.50. The summed E-state index contributed by atoms with van der Waals surface area (Å²) in [5, 5.41) is 23.8. The highest BCUT2D eigenvalue weighted by atomic mass is 16.7. The maximum Gasteiger partial charge on any atom is 0.303 e. The quantitative estimate of drug-likeness (QED) is 0.0188. The van der Waals surface area contributed by atoms with Crippen LogP contribution < -0.4 is 26.6 Å². The Morgan fingerprint density at radius 2 is 0.741 bits per heavy atom. The number of carboxylic acid groups (broad SMARTS) is 1. The lowest BCUT2D eigenvalue weighted by atomic mass is 9.67. The zero-order valence-electron chi connectivity index (χ0n) is 69.4. The second-order valence-electron chi connectivity index (χ2n) is 31.3. The summed E-state index contributed by atoms with van der Waals surface area (Å²) in [4.78, 5) is 161. The maximum atomic E-state index is 13.6. The second-order valence-corrected chi connectivity index (χ2v) is 31.3. The third-order valence-corrected chi connectivity index (χ3v) is 21.9. The van der Waals surface area contributed by atoms with E-state index < -0.39 is 66.2 Å². The van der Waals surface area contributed by atoms with Crippen molar-refractivity contribution in [1.29, 1.82) is 0 Å². The summed E-state index contributed by atoms with van der Waals surface area (Å²) in [6.45, 7) is 22.8. The largest absolute Gasteiger partial charge is 0.481 e. The summed E-state index contributed by atoms with van der Waals surface area (Å²) < 4.78 is 64.8. The first-order valence-corrected chi connectivity index (χ1v) is 41.3. The van der Waals surface area contributed by atoms with Crippen LogP contribution >= 0.6 is 0 Å². The van der Waals surface area contributed by atoms with Gasteiger partial charge in [-0.05, 0) is 131 Å². The van der Waals surface area contributed by atoms with Gasteiger partial charge >= 0.3 is 23.9 Å². The summed E-state index contributed by atoms with van der Waals surface area (Å²) in [7, 11) is 0. The van der Waals surface area contributed by atoms with Crippen molar-refractivity contribution in [2.75, 3.05) is 92.4 Å². The first-order chi connectivity index (χ1) is 53.3. The lowest BCUT2D eigenvalue weighted by molar-refractivity contribution is -0.244. The predicted octanol–water partition coefficient (Wildman–Crippen LogP) is 8.67. The minimum atomic E-state index is -1.42. The lowest BCUT2D eigenvalue weighted by Crippen LogP contribution is -2.58. The van der Waals surface area contributed by atoms with E-state index >= 15 is 0 Å². The van der Waals surface area contributed by atoms with Crippen LogP contribution in [0.4, 0.5) is 0 Å². The van der Waals surface area contributed by atoms with Crippen molar-refractivity contribution in [3.05, 3.63) is 0 Å². The van der Waals surface area contributed by atoms with Crippen LogP contribution in [0.3, 0.4) is 0 Å². The van der Waals surface area contributed by atoms with Crippen molar-refractivity contribution < 1.29 is 120 Å². The van der Waals surface area contributed by atoms with Gasteiger partial charge in [0.25, 0.3) is 0 Å². The van der Waals surface area contributed by atoms with E-state index in [1.54, 1.807) is 0 Å². The molecule has 2 heterocycles. The van der Waals surface area contributed by atoms with Crippen molar-refractivity contribution >= 4 is 76.5 Å². The van der Waals surface area contributed by atoms with Gasteiger partial charge in [0, 0.05) is 145 Å². The Morgan fingerprint density at radius 1 is 0.366 bits per heavy atom. The minimum Gasteiger partial charge on any atom is -0.481 e. The molecule has 112 heavy (non-hydrogen) atoms. The van der Waals surface area contributed by atoms with Crippen molar-refractivity contribution in [3.8, 4) is 0 Å². The molecule has 3 fully saturated rings. The number of nitrogens with one attached hydrogen (secondary N) is 5. The van der Waals surface area contributed by atoms with E-state index in [2.05, 4.69) is 47.4 Å². The fourth-order valence-corrected chi connectivity index (χ4v) is 14.2. The average Bonchev–Trinajstić information content (AvgIpc) is 0.892. The SMILES string of the molecule is CC(=O)NC1[C@H](OCCCCC(=O)CCCCCC(=O)CCOCC(COCCC(=O)CCCCCC(=O)CCCCO[C@@H]2CC(COC(C)=O)[C@H](C)[C@H](C)C2C)(COCCC(=O)NCCCNC(=O)CCCCO[C@@H]2OC(COC(C)=O)[C@H](C)[C@H](C)C2NC(C)=O)NC(=O)CCCC(=O)O)OC(COC(C)=O)[C@H](C)[C@@H]1C. The van der Waals surface area contributed by atoms with Gasteiger partial charge in [0.15, 0.2) is 12.6 Å². The summed E-state index contributed by atoms with van der Waals surface area (Å²) in [5.41, 5.74) is -1.42. The molecule has 0 bridgehead atoms. The number of carbonyl (C=O) groups is 13. The summed E-state index contributed by atoms with van der Waals surface area (Å²) in [5.74, 6) is -2.29. The number of esters is 3. The molecule has 2 aliphatic heterocycles. The Hall–Kier alpha value is -6.41. The Kier molecular flexibility index (Phi) is 50.6. The molecule has 0 aromatic heterocycles. The molecule has 2 saturated heterocycles. The number of hydrogen-bond acceptors (Lipinski definition) is 24. The highest BCUT2D eigenvalue weighted by Gasteiger charge is 2.45. The molecule has 0 aromatic rings. The molecule has 1 aliphatic carbocycles. The van der Waals surface area contributed by atoms with Crippen molar-refractivity contribution in [1.82, 2.24) is 26.6 Å². The van der Waals surface area contributed by atoms with Gasteiger partial charge in [0.2, 0.25) is 29.5 Å². The normalized spacial score (nSPS) is 24.1. The molecule has 7 unspecified atom stereocenters. The van der Waals surface area contributed by atoms with Gasteiger partial charge in [0.05, 0.1) is 76.6 Å². The molecule has 642 valence electrons. The van der Waals surface area contributed by atoms with Crippen molar-refractivity contribution in [2.24, 2.45) is 47.3 Å². The monoisotopic (exact) mass is 1590 g/mol. The second kappa shape index (κ2) is 56.8. The fraction of sp³-hybridized carbons (Fsp3) is 0.841. The van der Waals surface area contributed by atoms with E-state index in [1.807, 2.05) is 27.7 Å². The number of Topliss-reactive ketones (excluding diaryl/α,β-unsaturated/α-hetero) is 4. The number of amides is 5. The van der Waals surface area contributed by atoms with Crippen molar-refractivity contribution in [2.45, 2.75) is 305 Å². The van der Waals surface area contributed by atoms with Gasteiger partial charge in [0.1, 0.15) is 41.9 Å².